The van der Waals surface area contributed by atoms with Crippen LogP contribution in [0.3, 0.4) is 0 Å². The molecule has 94 valence electrons. The predicted octanol–water partition coefficient (Wildman–Crippen LogP) is -0.407. The van der Waals surface area contributed by atoms with E-state index in [1.807, 2.05) is 6.92 Å². The van der Waals surface area contributed by atoms with Crippen molar-refractivity contribution in [3.8, 4) is 0 Å². The van der Waals surface area contributed by atoms with Crippen LogP contribution in [0.4, 0.5) is 0 Å². The van der Waals surface area contributed by atoms with Gasteiger partial charge in [0.25, 0.3) is 5.91 Å². The Morgan fingerprint density at radius 2 is 2.25 bits per heavy atom. The maximum absolute atomic E-state index is 12.2. The Morgan fingerprint density at radius 3 is 2.62 bits per heavy atom. The number of amides is 1. The van der Waals surface area contributed by atoms with Gasteiger partial charge in [-0.05, 0) is 13.3 Å². The lowest BCUT2D eigenvalue weighted by atomic mass is 10.00. The summed E-state index contributed by atoms with van der Waals surface area (Å²) in [5, 5.41) is 12.8. The van der Waals surface area contributed by atoms with Crippen LogP contribution in [0, 0.1) is 0 Å². The number of aliphatic hydroxyl groups excluding tert-OH is 1. The zero-order valence-corrected chi connectivity index (χ0v) is 10.5. The van der Waals surface area contributed by atoms with E-state index in [0.29, 0.717) is 19.5 Å². The Balaban J connectivity index is 2.73. The molecule has 0 aromatic carbocycles. The molecule has 1 rings (SSSR count). The largest absolute Gasteiger partial charge is 0.390 e. The number of ether oxygens (including phenoxy) is 1. The van der Waals surface area contributed by atoms with Crippen molar-refractivity contribution >= 4 is 5.91 Å². The quantitative estimate of drug-likeness (QED) is 0.689. The fourth-order valence-corrected chi connectivity index (χ4v) is 1.95. The minimum absolute atomic E-state index is 0.0785. The third-order valence-corrected chi connectivity index (χ3v) is 3.55. The topological polar surface area (TPSA) is 61.8 Å². The van der Waals surface area contributed by atoms with E-state index in [0.717, 1.165) is 0 Å². The molecule has 5 heteroatoms. The van der Waals surface area contributed by atoms with Crippen LogP contribution in [0.1, 0.15) is 20.3 Å². The van der Waals surface area contributed by atoms with E-state index in [1.54, 1.807) is 26.0 Å². The maximum atomic E-state index is 12.2. The summed E-state index contributed by atoms with van der Waals surface area (Å²) in [6.45, 7) is 4.87. The SMILES string of the molecule is CCC(C)(OC)C(=O)N(C)[C@@H]1CNC[C@H]1O. The Bertz CT molecular complexity index is 254. The maximum Gasteiger partial charge on any atom is 0.254 e. The number of carbonyl (C=O) groups is 1. The van der Waals surface area contributed by atoms with Gasteiger partial charge in [-0.2, -0.15) is 0 Å². The number of hydrogen-bond acceptors (Lipinski definition) is 4. The average Bonchev–Trinajstić information content (AvgIpc) is 2.72. The smallest absolute Gasteiger partial charge is 0.254 e. The van der Waals surface area contributed by atoms with Gasteiger partial charge in [-0.1, -0.05) is 6.92 Å². The number of likely N-dealkylation sites (N-methyl/N-ethyl adjacent to an activating group) is 1. The molecule has 0 aromatic rings. The summed E-state index contributed by atoms with van der Waals surface area (Å²) in [4.78, 5) is 13.8. The second-order valence-electron chi connectivity index (χ2n) is 4.50. The van der Waals surface area contributed by atoms with Crippen LogP contribution < -0.4 is 5.32 Å². The molecule has 0 saturated carbocycles. The number of aliphatic hydroxyl groups is 1. The van der Waals surface area contributed by atoms with E-state index in [-0.39, 0.29) is 11.9 Å². The lowest BCUT2D eigenvalue weighted by Crippen LogP contribution is -2.53. The van der Waals surface area contributed by atoms with E-state index < -0.39 is 11.7 Å². The van der Waals surface area contributed by atoms with Crippen LogP contribution in [0.25, 0.3) is 0 Å². The van der Waals surface area contributed by atoms with Gasteiger partial charge in [0.05, 0.1) is 12.1 Å². The number of β-amino-alcohol motifs (C(OH)–C–C–N with tert-alkyl or cyclic N) is 1. The van der Waals surface area contributed by atoms with Crippen LogP contribution in [0.5, 0.6) is 0 Å². The molecule has 2 N–H and O–H groups in total. The van der Waals surface area contributed by atoms with E-state index >= 15 is 0 Å². The summed E-state index contributed by atoms with van der Waals surface area (Å²) in [6.07, 6.45) is 0.120. The molecule has 1 fully saturated rings. The fraction of sp³-hybridized carbons (Fsp3) is 0.909. The van der Waals surface area contributed by atoms with E-state index in [2.05, 4.69) is 5.32 Å². The van der Waals surface area contributed by atoms with Gasteiger partial charge >= 0.3 is 0 Å². The Hall–Kier alpha value is -0.650. The number of carbonyl (C=O) groups excluding carboxylic acids is 1. The molecular formula is C11H22N2O3. The molecule has 0 aliphatic carbocycles. The van der Waals surface area contributed by atoms with Gasteiger partial charge in [0.2, 0.25) is 0 Å². The number of nitrogens with zero attached hydrogens (tertiary/aromatic N) is 1. The van der Waals surface area contributed by atoms with Crippen molar-refractivity contribution in [3.05, 3.63) is 0 Å². The molecular weight excluding hydrogens is 208 g/mol. The summed E-state index contributed by atoms with van der Waals surface area (Å²) < 4.78 is 5.27. The van der Waals surface area contributed by atoms with Gasteiger partial charge < -0.3 is 20.1 Å². The zero-order valence-electron chi connectivity index (χ0n) is 10.5. The normalized spacial score (nSPS) is 28.8. The molecule has 0 aromatic heterocycles. The Kier molecular flexibility index (Phi) is 4.29. The highest BCUT2D eigenvalue weighted by molar-refractivity contribution is 5.85. The average molecular weight is 230 g/mol. The number of rotatable bonds is 4. The molecule has 0 radical (unpaired) electrons. The zero-order chi connectivity index (χ0) is 12.3. The standard InChI is InChI=1S/C11H22N2O3/c1-5-11(2,16-4)10(15)13(3)8-6-12-7-9(8)14/h8-9,12,14H,5-7H2,1-4H3/t8-,9-,11?/m1/s1. The molecule has 1 saturated heterocycles. The predicted molar refractivity (Wildman–Crippen MR) is 61.1 cm³/mol. The van der Waals surface area contributed by atoms with Crippen LogP contribution >= 0.6 is 0 Å². The Morgan fingerprint density at radius 1 is 1.62 bits per heavy atom. The highest BCUT2D eigenvalue weighted by atomic mass is 16.5. The summed E-state index contributed by atoms with van der Waals surface area (Å²) in [7, 11) is 3.26. The molecule has 1 amide bonds. The van der Waals surface area contributed by atoms with Crippen molar-refractivity contribution in [2.45, 2.75) is 38.0 Å². The van der Waals surface area contributed by atoms with Crippen LogP contribution in [-0.4, -0.2) is 60.9 Å². The summed E-state index contributed by atoms with van der Waals surface area (Å²) >= 11 is 0. The van der Waals surface area contributed by atoms with E-state index in [9.17, 15) is 9.90 Å². The first kappa shape index (κ1) is 13.4. The van der Waals surface area contributed by atoms with Crippen molar-refractivity contribution in [3.63, 3.8) is 0 Å². The van der Waals surface area contributed by atoms with Crippen molar-refractivity contribution in [2.24, 2.45) is 0 Å². The molecule has 5 nitrogen and oxygen atoms in total. The molecule has 1 aliphatic heterocycles. The lowest BCUT2D eigenvalue weighted by molar-refractivity contribution is -0.155. The van der Waals surface area contributed by atoms with Gasteiger partial charge in [0.1, 0.15) is 5.60 Å². The van der Waals surface area contributed by atoms with Crippen LogP contribution in [-0.2, 0) is 9.53 Å². The van der Waals surface area contributed by atoms with Gasteiger partial charge in [-0.25, -0.2) is 0 Å². The monoisotopic (exact) mass is 230 g/mol. The van der Waals surface area contributed by atoms with Crippen molar-refractivity contribution in [1.29, 1.82) is 0 Å². The highest BCUT2D eigenvalue weighted by Crippen LogP contribution is 2.20. The third-order valence-electron chi connectivity index (χ3n) is 3.55. The van der Waals surface area contributed by atoms with Gasteiger partial charge in [0, 0.05) is 27.2 Å². The number of nitrogens with one attached hydrogen (secondary N) is 1. The number of hydrogen-bond donors (Lipinski definition) is 2. The minimum Gasteiger partial charge on any atom is -0.390 e. The van der Waals surface area contributed by atoms with Gasteiger partial charge in [0.15, 0.2) is 0 Å². The van der Waals surface area contributed by atoms with Crippen molar-refractivity contribution in [1.82, 2.24) is 10.2 Å². The summed E-state index contributed by atoms with van der Waals surface area (Å²) in [5.74, 6) is -0.0785. The van der Waals surface area contributed by atoms with Crippen LogP contribution in [0.2, 0.25) is 0 Å². The first-order chi connectivity index (χ1) is 7.46. The van der Waals surface area contributed by atoms with Crippen molar-refractivity contribution < 1.29 is 14.6 Å². The molecule has 1 heterocycles. The second-order valence-corrected chi connectivity index (χ2v) is 4.50. The molecule has 1 aliphatic rings. The third kappa shape index (κ3) is 2.36. The first-order valence-corrected chi connectivity index (χ1v) is 5.67. The lowest BCUT2D eigenvalue weighted by Gasteiger charge is -2.34. The van der Waals surface area contributed by atoms with Gasteiger partial charge in [-0.3, -0.25) is 4.79 Å². The van der Waals surface area contributed by atoms with Gasteiger partial charge in [-0.15, -0.1) is 0 Å². The van der Waals surface area contributed by atoms with E-state index in [1.165, 1.54) is 0 Å². The second kappa shape index (κ2) is 5.12. The highest BCUT2D eigenvalue weighted by Gasteiger charge is 2.39. The summed E-state index contributed by atoms with van der Waals surface area (Å²) in [6, 6.07) is -0.159. The first-order valence-electron chi connectivity index (χ1n) is 5.67. The molecule has 1 unspecified atom stereocenters. The minimum atomic E-state index is -0.795. The number of methoxy groups -OCH3 is 1. The molecule has 3 atom stereocenters. The molecule has 16 heavy (non-hydrogen) atoms. The summed E-state index contributed by atoms with van der Waals surface area (Å²) in [5.41, 5.74) is -0.795. The fourth-order valence-electron chi connectivity index (χ4n) is 1.95. The van der Waals surface area contributed by atoms with E-state index in [4.69, 9.17) is 4.74 Å². The van der Waals surface area contributed by atoms with Crippen molar-refractivity contribution in [2.75, 3.05) is 27.2 Å². The molecule has 0 bridgehead atoms. The molecule has 0 spiro atoms. The Labute approximate surface area is 96.8 Å². The van der Waals surface area contributed by atoms with Crippen LogP contribution in [0.15, 0.2) is 0 Å².